The Morgan fingerprint density at radius 3 is 2.33 bits per heavy atom. The van der Waals surface area contributed by atoms with Crippen molar-refractivity contribution < 1.29 is 9.66 Å². The van der Waals surface area contributed by atoms with E-state index in [0.29, 0.717) is 11.6 Å². The van der Waals surface area contributed by atoms with Crippen molar-refractivity contribution >= 4 is 5.69 Å². The Kier molecular flexibility index (Phi) is 4.24. The van der Waals surface area contributed by atoms with E-state index in [9.17, 15) is 10.1 Å². The number of benzene rings is 2. The summed E-state index contributed by atoms with van der Waals surface area (Å²) >= 11 is 0. The normalized spacial score (nSPS) is 10.4. The Bertz CT molecular complexity index is 889. The van der Waals surface area contributed by atoms with Gasteiger partial charge in [0.05, 0.1) is 4.92 Å². The molecule has 0 radical (unpaired) electrons. The molecule has 0 spiro atoms. The molecule has 5 nitrogen and oxygen atoms in total. The van der Waals surface area contributed by atoms with Gasteiger partial charge in [0.25, 0.3) is 5.69 Å². The maximum absolute atomic E-state index is 10.6. The van der Waals surface area contributed by atoms with Gasteiger partial charge in [-0.3, -0.25) is 10.1 Å². The molecule has 0 amide bonds. The predicted molar refractivity (Wildman–Crippen MR) is 92.3 cm³/mol. The molecule has 0 fully saturated rings. The quantitative estimate of drug-likeness (QED) is 0.497. The molecule has 0 saturated heterocycles. The lowest BCUT2D eigenvalue weighted by atomic mass is 9.97. The average molecular weight is 320 g/mol. The number of ether oxygens (including phenoxy) is 1. The zero-order chi connectivity index (χ0) is 17.1. The van der Waals surface area contributed by atoms with Crippen molar-refractivity contribution in [3.05, 3.63) is 82.0 Å². The fourth-order valence-electron chi connectivity index (χ4n) is 2.54. The van der Waals surface area contributed by atoms with Crippen LogP contribution in [0.2, 0.25) is 0 Å². The molecule has 0 N–H and O–H groups in total. The minimum absolute atomic E-state index is 0.0616. The first kappa shape index (κ1) is 15.7. The number of nitrogens with zero attached hydrogens (tertiary/aromatic N) is 2. The van der Waals surface area contributed by atoms with E-state index in [1.165, 1.54) is 29.5 Å². The minimum atomic E-state index is -0.488. The van der Waals surface area contributed by atoms with Gasteiger partial charge in [0.2, 0.25) is 5.88 Å². The fraction of sp³-hybridized carbons (Fsp3) is 0.105. The molecule has 0 saturated carbocycles. The summed E-state index contributed by atoms with van der Waals surface area (Å²) in [6.45, 7) is 4.11. The van der Waals surface area contributed by atoms with E-state index in [2.05, 4.69) is 24.0 Å². The Hall–Kier alpha value is -3.21. The summed E-state index contributed by atoms with van der Waals surface area (Å²) in [5.74, 6) is 0.967. The van der Waals surface area contributed by atoms with Crippen LogP contribution in [0.3, 0.4) is 0 Å². The molecular formula is C19H16N2O3. The summed E-state index contributed by atoms with van der Waals surface area (Å²) < 4.78 is 5.68. The van der Waals surface area contributed by atoms with E-state index in [1.54, 1.807) is 0 Å². The standard InChI is InChI=1S/C19H16N2O3/c1-13-5-3-4-6-17(13)18-9-8-16(11-14(18)2)24-19-10-7-15(12-20-19)21(22)23/h3-12H,1-2H3. The van der Waals surface area contributed by atoms with Crippen molar-refractivity contribution in [2.45, 2.75) is 13.8 Å². The third-order valence-corrected chi connectivity index (χ3v) is 3.79. The number of aromatic nitrogens is 1. The molecule has 0 unspecified atom stereocenters. The van der Waals surface area contributed by atoms with Crippen molar-refractivity contribution in [2.24, 2.45) is 0 Å². The highest BCUT2D eigenvalue weighted by atomic mass is 16.6. The second-order valence-electron chi connectivity index (χ2n) is 5.51. The summed E-state index contributed by atoms with van der Waals surface area (Å²) in [6, 6.07) is 16.9. The second-order valence-corrected chi connectivity index (χ2v) is 5.51. The lowest BCUT2D eigenvalue weighted by Crippen LogP contribution is -1.93. The van der Waals surface area contributed by atoms with Gasteiger partial charge in [-0.1, -0.05) is 30.3 Å². The Balaban J connectivity index is 1.85. The van der Waals surface area contributed by atoms with Gasteiger partial charge in [0.15, 0.2) is 0 Å². The summed E-state index contributed by atoms with van der Waals surface area (Å²) in [5.41, 5.74) is 4.58. The maximum atomic E-state index is 10.6. The summed E-state index contributed by atoms with van der Waals surface area (Å²) in [5, 5.41) is 10.6. The first-order valence-corrected chi connectivity index (χ1v) is 7.49. The zero-order valence-corrected chi connectivity index (χ0v) is 13.4. The topological polar surface area (TPSA) is 65.3 Å². The van der Waals surface area contributed by atoms with Crippen molar-refractivity contribution in [3.8, 4) is 22.8 Å². The van der Waals surface area contributed by atoms with Crippen molar-refractivity contribution in [1.29, 1.82) is 0 Å². The number of hydrogen-bond donors (Lipinski definition) is 0. The first-order valence-electron chi connectivity index (χ1n) is 7.49. The van der Waals surface area contributed by atoms with Gasteiger partial charge in [0, 0.05) is 12.1 Å². The van der Waals surface area contributed by atoms with Crippen LogP contribution in [0.1, 0.15) is 11.1 Å². The average Bonchev–Trinajstić information content (AvgIpc) is 2.56. The number of aryl methyl sites for hydroxylation is 2. The first-order chi connectivity index (χ1) is 11.5. The fourth-order valence-corrected chi connectivity index (χ4v) is 2.54. The molecule has 2 aromatic carbocycles. The van der Waals surface area contributed by atoms with Crippen LogP contribution < -0.4 is 4.74 Å². The summed E-state index contributed by atoms with van der Waals surface area (Å²) in [4.78, 5) is 14.1. The molecule has 0 aliphatic heterocycles. The molecule has 120 valence electrons. The highest BCUT2D eigenvalue weighted by molar-refractivity contribution is 5.71. The van der Waals surface area contributed by atoms with E-state index in [1.807, 2.05) is 37.3 Å². The van der Waals surface area contributed by atoms with Crippen molar-refractivity contribution in [1.82, 2.24) is 4.98 Å². The van der Waals surface area contributed by atoms with Crippen LogP contribution in [0, 0.1) is 24.0 Å². The van der Waals surface area contributed by atoms with Crippen LogP contribution in [-0.4, -0.2) is 9.91 Å². The van der Waals surface area contributed by atoms with E-state index in [0.717, 1.165) is 11.1 Å². The highest BCUT2D eigenvalue weighted by Gasteiger charge is 2.09. The van der Waals surface area contributed by atoms with Crippen molar-refractivity contribution in [2.75, 3.05) is 0 Å². The monoisotopic (exact) mass is 320 g/mol. The molecule has 24 heavy (non-hydrogen) atoms. The van der Waals surface area contributed by atoms with Gasteiger partial charge in [-0.25, -0.2) is 4.98 Å². The van der Waals surface area contributed by atoms with E-state index in [-0.39, 0.29) is 5.69 Å². The van der Waals surface area contributed by atoms with Gasteiger partial charge >= 0.3 is 0 Å². The van der Waals surface area contributed by atoms with Crippen LogP contribution in [0.4, 0.5) is 5.69 Å². The second kappa shape index (κ2) is 6.50. The zero-order valence-electron chi connectivity index (χ0n) is 13.4. The Morgan fingerprint density at radius 2 is 1.71 bits per heavy atom. The van der Waals surface area contributed by atoms with Gasteiger partial charge in [0.1, 0.15) is 11.9 Å². The lowest BCUT2D eigenvalue weighted by molar-refractivity contribution is -0.385. The van der Waals surface area contributed by atoms with Crippen LogP contribution in [-0.2, 0) is 0 Å². The molecule has 0 aliphatic rings. The molecule has 1 heterocycles. The van der Waals surface area contributed by atoms with E-state index >= 15 is 0 Å². The van der Waals surface area contributed by atoms with Crippen molar-refractivity contribution in [3.63, 3.8) is 0 Å². The van der Waals surface area contributed by atoms with Gasteiger partial charge in [-0.15, -0.1) is 0 Å². The minimum Gasteiger partial charge on any atom is -0.439 e. The molecular weight excluding hydrogens is 304 g/mol. The predicted octanol–water partition coefficient (Wildman–Crippen LogP) is 5.07. The van der Waals surface area contributed by atoms with Crippen LogP contribution in [0.5, 0.6) is 11.6 Å². The third-order valence-electron chi connectivity index (χ3n) is 3.79. The molecule has 0 atom stereocenters. The summed E-state index contributed by atoms with van der Waals surface area (Å²) in [6.07, 6.45) is 1.18. The van der Waals surface area contributed by atoms with Crippen LogP contribution in [0.25, 0.3) is 11.1 Å². The van der Waals surface area contributed by atoms with E-state index in [4.69, 9.17) is 4.74 Å². The highest BCUT2D eigenvalue weighted by Crippen LogP contribution is 2.30. The molecule has 3 rings (SSSR count). The smallest absolute Gasteiger partial charge is 0.287 e. The van der Waals surface area contributed by atoms with Crippen LogP contribution >= 0.6 is 0 Å². The third kappa shape index (κ3) is 3.25. The Labute approximate surface area is 139 Å². The summed E-state index contributed by atoms with van der Waals surface area (Å²) in [7, 11) is 0. The number of nitro groups is 1. The van der Waals surface area contributed by atoms with Gasteiger partial charge in [-0.2, -0.15) is 0 Å². The molecule has 0 aliphatic carbocycles. The van der Waals surface area contributed by atoms with Gasteiger partial charge < -0.3 is 4.74 Å². The SMILES string of the molecule is Cc1ccccc1-c1ccc(Oc2ccc([N+](=O)[O-])cn2)cc1C. The van der Waals surface area contributed by atoms with E-state index < -0.39 is 4.92 Å². The maximum Gasteiger partial charge on any atom is 0.287 e. The largest absolute Gasteiger partial charge is 0.439 e. The molecule has 3 aromatic rings. The molecule has 0 bridgehead atoms. The lowest BCUT2D eigenvalue weighted by Gasteiger charge is -2.11. The number of pyridine rings is 1. The Morgan fingerprint density at radius 1 is 0.958 bits per heavy atom. The molecule has 1 aromatic heterocycles. The number of rotatable bonds is 4. The number of hydrogen-bond acceptors (Lipinski definition) is 4. The van der Waals surface area contributed by atoms with Gasteiger partial charge in [-0.05, 0) is 48.2 Å². The van der Waals surface area contributed by atoms with Crippen LogP contribution in [0.15, 0.2) is 60.8 Å². The molecule has 5 heteroatoms.